The monoisotopic (exact) mass is 349 g/mol. The van der Waals surface area contributed by atoms with Gasteiger partial charge in [0.25, 0.3) is 0 Å². The molecule has 0 bridgehead atoms. The van der Waals surface area contributed by atoms with E-state index in [4.69, 9.17) is 5.11 Å². The molecule has 4 nitrogen and oxygen atoms in total. The second kappa shape index (κ2) is 10.3. The number of rotatable bonds is 5. The van der Waals surface area contributed by atoms with Crippen LogP contribution in [0.3, 0.4) is 0 Å². The van der Waals surface area contributed by atoms with Crippen molar-refractivity contribution >= 4 is 29.9 Å². The molecule has 1 aromatic carbocycles. The molecule has 3 N–H and O–H groups in total. The molecule has 96 valence electrons. The fourth-order valence-electron chi connectivity index (χ4n) is 1.27. The molecule has 0 atom stereocenters. The lowest BCUT2D eigenvalue weighted by Crippen LogP contribution is -2.38. The van der Waals surface area contributed by atoms with E-state index >= 15 is 0 Å². The molecule has 17 heavy (non-hydrogen) atoms. The van der Waals surface area contributed by atoms with Crippen molar-refractivity contribution in [2.24, 2.45) is 4.99 Å². The standard InChI is InChI=1S/C12H19N3O.HI/c1-2-13-12(14-8-9-16)15-10-11-6-4-3-5-7-11;/h3-7,16H,2,8-10H2,1H3,(H2,13,14,15);1H. The first-order valence-electron chi connectivity index (χ1n) is 5.53. The maximum absolute atomic E-state index is 8.72. The Hall–Kier alpha value is -0.820. The number of benzene rings is 1. The summed E-state index contributed by atoms with van der Waals surface area (Å²) in [5.41, 5.74) is 1.17. The van der Waals surface area contributed by atoms with Crippen molar-refractivity contribution in [1.82, 2.24) is 10.6 Å². The van der Waals surface area contributed by atoms with Crippen LogP contribution in [0.5, 0.6) is 0 Å². The largest absolute Gasteiger partial charge is 0.395 e. The van der Waals surface area contributed by atoms with Crippen LogP contribution < -0.4 is 10.6 Å². The lowest BCUT2D eigenvalue weighted by molar-refractivity contribution is 0.300. The van der Waals surface area contributed by atoms with Crippen molar-refractivity contribution in [3.8, 4) is 0 Å². The molecule has 5 heteroatoms. The first-order valence-corrected chi connectivity index (χ1v) is 5.53. The highest BCUT2D eigenvalue weighted by Gasteiger charge is 1.95. The van der Waals surface area contributed by atoms with Crippen molar-refractivity contribution in [1.29, 1.82) is 0 Å². The molecule has 0 heterocycles. The second-order valence-corrected chi connectivity index (χ2v) is 3.33. The summed E-state index contributed by atoms with van der Waals surface area (Å²) in [4.78, 5) is 4.40. The molecule has 0 spiro atoms. The van der Waals surface area contributed by atoms with Crippen LogP contribution in [-0.4, -0.2) is 30.8 Å². The van der Waals surface area contributed by atoms with E-state index in [2.05, 4.69) is 15.6 Å². The lowest BCUT2D eigenvalue weighted by Gasteiger charge is -2.09. The van der Waals surface area contributed by atoms with E-state index in [0.717, 1.165) is 12.5 Å². The maximum Gasteiger partial charge on any atom is 0.191 e. The number of hydrogen-bond acceptors (Lipinski definition) is 2. The molecule has 0 fully saturated rings. The molecule has 0 aliphatic heterocycles. The Labute approximate surface area is 120 Å². The van der Waals surface area contributed by atoms with E-state index in [-0.39, 0.29) is 30.6 Å². The summed E-state index contributed by atoms with van der Waals surface area (Å²) in [6, 6.07) is 10.1. The van der Waals surface area contributed by atoms with Gasteiger partial charge in [0, 0.05) is 13.1 Å². The van der Waals surface area contributed by atoms with Crippen LogP contribution in [0.4, 0.5) is 0 Å². The van der Waals surface area contributed by atoms with Gasteiger partial charge < -0.3 is 15.7 Å². The molecular weight excluding hydrogens is 329 g/mol. The Kier molecular flexibility index (Phi) is 9.84. The minimum atomic E-state index is 0. The van der Waals surface area contributed by atoms with Crippen molar-refractivity contribution < 1.29 is 5.11 Å². The first-order chi connectivity index (χ1) is 7.86. The van der Waals surface area contributed by atoms with Gasteiger partial charge in [-0.3, -0.25) is 0 Å². The van der Waals surface area contributed by atoms with Gasteiger partial charge in [-0.25, -0.2) is 4.99 Å². The van der Waals surface area contributed by atoms with Crippen LogP contribution in [0, 0.1) is 0 Å². The molecule has 0 radical (unpaired) electrons. The normalized spacial score (nSPS) is 10.6. The van der Waals surface area contributed by atoms with Gasteiger partial charge in [-0.1, -0.05) is 30.3 Å². The summed E-state index contributed by atoms with van der Waals surface area (Å²) in [5.74, 6) is 0.736. The molecule has 0 saturated heterocycles. The van der Waals surface area contributed by atoms with Crippen molar-refractivity contribution in [3.63, 3.8) is 0 Å². The molecule has 1 aromatic rings. The molecule has 1 rings (SSSR count). The van der Waals surface area contributed by atoms with E-state index < -0.39 is 0 Å². The molecule has 0 unspecified atom stereocenters. The third-order valence-electron chi connectivity index (χ3n) is 2.01. The zero-order valence-corrected chi connectivity index (χ0v) is 12.3. The Morgan fingerprint density at radius 2 is 1.94 bits per heavy atom. The summed E-state index contributed by atoms with van der Waals surface area (Å²) in [6.07, 6.45) is 0. The van der Waals surface area contributed by atoms with Gasteiger partial charge in [-0.2, -0.15) is 0 Å². The highest BCUT2D eigenvalue weighted by Crippen LogP contribution is 1.99. The van der Waals surface area contributed by atoms with Gasteiger partial charge in [-0.15, -0.1) is 24.0 Å². The lowest BCUT2D eigenvalue weighted by atomic mass is 10.2. The fraction of sp³-hybridized carbons (Fsp3) is 0.417. The Balaban J connectivity index is 0.00000256. The predicted octanol–water partition coefficient (Wildman–Crippen LogP) is 1.35. The quantitative estimate of drug-likeness (QED) is 0.427. The van der Waals surface area contributed by atoms with Crippen LogP contribution in [0.1, 0.15) is 12.5 Å². The Morgan fingerprint density at radius 1 is 1.24 bits per heavy atom. The van der Waals surface area contributed by atoms with E-state index in [1.165, 1.54) is 5.56 Å². The summed E-state index contributed by atoms with van der Waals surface area (Å²) in [5, 5.41) is 14.9. The van der Waals surface area contributed by atoms with Crippen LogP contribution in [0.15, 0.2) is 35.3 Å². The summed E-state index contributed by atoms with van der Waals surface area (Å²) in [7, 11) is 0. The smallest absolute Gasteiger partial charge is 0.191 e. The van der Waals surface area contributed by atoms with E-state index in [0.29, 0.717) is 13.1 Å². The molecular formula is C12H20IN3O. The first kappa shape index (κ1) is 16.2. The minimum absolute atomic E-state index is 0. The number of hydrogen-bond donors (Lipinski definition) is 3. The second-order valence-electron chi connectivity index (χ2n) is 3.33. The van der Waals surface area contributed by atoms with Crippen molar-refractivity contribution in [2.45, 2.75) is 13.5 Å². The zero-order valence-electron chi connectivity index (χ0n) is 10.0. The summed E-state index contributed by atoms with van der Waals surface area (Å²) >= 11 is 0. The predicted molar refractivity (Wildman–Crippen MR) is 81.8 cm³/mol. The van der Waals surface area contributed by atoms with E-state index in [1.807, 2.05) is 37.3 Å². The van der Waals surface area contributed by atoms with Crippen LogP contribution in [-0.2, 0) is 6.54 Å². The third kappa shape index (κ3) is 7.17. The van der Waals surface area contributed by atoms with Gasteiger partial charge in [0.2, 0.25) is 0 Å². The number of aliphatic imine (C=N–C) groups is 1. The highest BCUT2D eigenvalue weighted by molar-refractivity contribution is 14.0. The van der Waals surface area contributed by atoms with Gasteiger partial charge in [0.15, 0.2) is 5.96 Å². The van der Waals surface area contributed by atoms with Gasteiger partial charge in [-0.05, 0) is 12.5 Å². The molecule has 0 aliphatic rings. The SMILES string of the molecule is CCNC(=NCc1ccccc1)NCCO.I. The van der Waals surface area contributed by atoms with Crippen LogP contribution in [0.2, 0.25) is 0 Å². The number of aliphatic hydroxyl groups excluding tert-OH is 1. The molecule has 0 aliphatic carbocycles. The third-order valence-corrected chi connectivity index (χ3v) is 2.01. The molecule has 0 amide bonds. The number of nitrogens with one attached hydrogen (secondary N) is 2. The fourth-order valence-corrected chi connectivity index (χ4v) is 1.27. The average molecular weight is 349 g/mol. The number of guanidine groups is 1. The van der Waals surface area contributed by atoms with Crippen LogP contribution >= 0.6 is 24.0 Å². The number of halogens is 1. The zero-order chi connectivity index (χ0) is 11.6. The summed E-state index contributed by atoms with van der Waals surface area (Å²) < 4.78 is 0. The Bertz CT molecular complexity index is 317. The maximum atomic E-state index is 8.72. The Morgan fingerprint density at radius 3 is 2.53 bits per heavy atom. The van der Waals surface area contributed by atoms with Crippen molar-refractivity contribution in [2.75, 3.05) is 19.7 Å². The number of nitrogens with zero attached hydrogens (tertiary/aromatic N) is 1. The van der Waals surface area contributed by atoms with Gasteiger partial charge in [0.1, 0.15) is 0 Å². The topological polar surface area (TPSA) is 56.7 Å². The summed E-state index contributed by atoms with van der Waals surface area (Å²) in [6.45, 7) is 4.09. The minimum Gasteiger partial charge on any atom is -0.395 e. The van der Waals surface area contributed by atoms with E-state index in [9.17, 15) is 0 Å². The molecule has 0 saturated carbocycles. The average Bonchev–Trinajstić information content (AvgIpc) is 2.34. The van der Waals surface area contributed by atoms with Gasteiger partial charge >= 0.3 is 0 Å². The highest BCUT2D eigenvalue weighted by atomic mass is 127. The molecule has 0 aromatic heterocycles. The number of aliphatic hydroxyl groups is 1. The van der Waals surface area contributed by atoms with Crippen molar-refractivity contribution in [3.05, 3.63) is 35.9 Å². The van der Waals surface area contributed by atoms with Gasteiger partial charge in [0.05, 0.1) is 13.2 Å². The van der Waals surface area contributed by atoms with E-state index in [1.54, 1.807) is 0 Å². The van der Waals surface area contributed by atoms with Crippen LogP contribution in [0.25, 0.3) is 0 Å².